The molecule has 1 fully saturated rings. The van der Waals surface area contributed by atoms with Crippen molar-refractivity contribution in [1.29, 1.82) is 0 Å². The van der Waals surface area contributed by atoms with Crippen molar-refractivity contribution in [2.24, 2.45) is 5.92 Å². The third kappa shape index (κ3) is 2.58. The number of piperidine rings is 1. The molecule has 1 saturated heterocycles. The van der Waals surface area contributed by atoms with E-state index in [-0.39, 0.29) is 18.0 Å². The van der Waals surface area contributed by atoms with E-state index in [0.29, 0.717) is 11.1 Å². The molecule has 0 aliphatic carbocycles. The first-order chi connectivity index (χ1) is 10.1. The fraction of sp³-hybridized carbons (Fsp3) is 0.438. The van der Waals surface area contributed by atoms with Crippen molar-refractivity contribution < 1.29 is 13.9 Å². The summed E-state index contributed by atoms with van der Waals surface area (Å²) < 4.78 is 27.4. The number of fused-ring (bicyclic) bond motifs is 1. The Morgan fingerprint density at radius 1 is 1.38 bits per heavy atom. The van der Waals surface area contributed by atoms with E-state index < -0.39 is 11.6 Å². The van der Waals surface area contributed by atoms with Crippen LogP contribution in [0.25, 0.3) is 10.9 Å². The Labute approximate surface area is 122 Å². The second-order valence-corrected chi connectivity index (χ2v) is 5.68. The van der Waals surface area contributed by atoms with Gasteiger partial charge in [-0.25, -0.2) is 13.8 Å². The number of nitrogens with zero attached hydrogens (tertiary/aromatic N) is 2. The monoisotopic (exact) mass is 292 g/mol. The fourth-order valence-corrected chi connectivity index (χ4v) is 3.03. The maximum Gasteiger partial charge on any atom is 0.185 e. The first kappa shape index (κ1) is 14.2. The number of rotatable bonds is 2. The predicted molar refractivity (Wildman–Crippen MR) is 78.4 cm³/mol. The number of aliphatic hydroxyl groups excluding tert-OH is 1. The van der Waals surface area contributed by atoms with Crippen LogP contribution in [0.1, 0.15) is 18.5 Å². The average Bonchev–Trinajstić information content (AvgIpc) is 2.51. The highest BCUT2D eigenvalue weighted by atomic mass is 19.2. The molecule has 3 nitrogen and oxygen atoms in total. The van der Waals surface area contributed by atoms with Crippen LogP contribution in [-0.4, -0.2) is 29.8 Å². The number of pyridine rings is 1. The van der Waals surface area contributed by atoms with Gasteiger partial charge in [0, 0.05) is 36.5 Å². The Bertz CT molecular complexity index is 675. The van der Waals surface area contributed by atoms with Gasteiger partial charge in [0.2, 0.25) is 0 Å². The lowest BCUT2D eigenvalue weighted by atomic mass is 9.98. The molecule has 21 heavy (non-hydrogen) atoms. The molecule has 2 aromatic rings. The Kier molecular flexibility index (Phi) is 3.76. The van der Waals surface area contributed by atoms with Gasteiger partial charge in [-0.15, -0.1) is 0 Å². The van der Waals surface area contributed by atoms with Gasteiger partial charge in [-0.3, -0.25) is 0 Å². The second-order valence-electron chi connectivity index (χ2n) is 5.68. The summed E-state index contributed by atoms with van der Waals surface area (Å²) in [5.74, 6) is -1.54. The van der Waals surface area contributed by atoms with Crippen LogP contribution in [-0.2, 0) is 0 Å². The van der Waals surface area contributed by atoms with Crippen molar-refractivity contribution in [2.75, 3.05) is 24.6 Å². The van der Waals surface area contributed by atoms with Crippen LogP contribution in [0.3, 0.4) is 0 Å². The first-order valence-corrected chi connectivity index (χ1v) is 7.21. The number of aryl methyl sites for hydroxylation is 1. The lowest BCUT2D eigenvalue weighted by Gasteiger charge is -2.34. The summed E-state index contributed by atoms with van der Waals surface area (Å²) in [5, 5.41) is 9.98. The molecule has 0 bridgehead atoms. The van der Waals surface area contributed by atoms with Crippen LogP contribution in [0, 0.1) is 24.5 Å². The van der Waals surface area contributed by atoms with E-state index in [2.05, 4.69) is 9.88 Å². The van der Waals surface area contributed by atoms with Crippen LogP contribution in [0.15, 0.2) is 18.2 Å². The summed E-state index contributed by atoms with van der Waals surface area (Å²) in [7, 11) is 0. The van der Waals surface area contributed by atoms with Gasteiger partial charge < -0.3 is 10.0 Å². The zero-order valence-corrected chi connectivity index (χ0v) is 11.9. The zero-order valence-electron chi connectivity index (χ0n) is 11.9. The topological polar surface area (TPSA) is 36.4 Å². The molecule has 0 radical (unpaired) electrons. The largest absolute Gasteiger partial charge is 0.396 e. The van der Waals surface area contributed by atoms with Crippen molar-refractivity contribution >= 4 is 16.6 Å². The molecule has 1 N–H and O–H groups in total. The Morgan fingerprint density at radius 3 is 2.95 bits per heavy atom. The summed E-state index contributed by atoms with van der Waals surface area (Å²) in [6.45, 7) is 3.52. The number of benzene rings is 1. The van der Waals surface area contributed by atoms with Gasteiger partial charge in [0.1, 0.15) is 5.52 Å². The molecule has 112 valence electrons. The number of hydrogen-bond donors (Lipinski definition) is 1. The van der Waals surface area contributed by atoms with Gasteiger partial charge in [0.15, 0.2) is 11.6 Å². The molecule has 1 aliphatic heterocycles. The molecule has 1 aromatic heterocycles. The molecule has 2 heterocycles. The smallest absolute Gasteiger partial charge is 0.185 e. The highest BCUT2D eigenvalue weighted by Gasteiger charge is 2.22. The van der Waals surface area contributed by atoms with Crippen LogP contribution in [0.5, 0.6) is 0 Å². The molecular formula is C16H18F2N2O. The van der Waals surface area contributed by atoms with Crippen LogP contribution >= 0.6 is 0 Å². The number of hydrogen-bond acceptors (Lipinski definition) is 3. The van der Waals surface area contributed by atoms with Gasteiger partial charge in [-0.1, -0.05) is 0 Å². The fourth-order valence-electron chi connectivity index (χ4n) is 3.03. The third-order valence-electron chi connectivity index (χ3n) is 4.10. The van der Waals surface area contributed by atoms with Gasteiger partial charge in [-0.2, -0.15) is 0 Å². The van der Waals surface area contributed by atoms with Gasteiger partial charge in [0.25, 0.3) is 0 Å². The molecular weight excluding hydrogens is 274 g/mol. The molecule has 3 rings (SSSR count). The van der Waals surface area contributed by atoms with Crippen LogP contribution in [0.2, 0.25) is 0 Å². The minimum Gasteiger partial charge on any atom is -0.396 e. The van der Waals surface area contributed by atoms with Crippen molar-refractivity contribution in [3.05, 3.63) is 35.5 Å². The van der Waals surface area contributed by atoms with E-state index in [1.54, 1.807) is 13.0 Å². The van der Waals surface area contributed by atoms with Crippen molar-refractivity contribution in [3.63, 3.8) is 0 Å². The third-order valence-corrected chi connectivity index (χ3v) is 4.10. The van der Waals surface area contributed by atoms with Crippen molar-refractivity contribution in [2.45, 2.75) is 19.8 Å². The lowest BCUT2D eigenvalue weighted by molar-refractivity contribution is 0.209. The molecule has 0 saturated carbocycles. The molecule has 1 unspecified atom stereocenters. The summed E-state index contributed by atoms with van der Waals surface area (Å²) in [6, 6.07) is 4.63. The molecule has 0 amide bonds. The van der Waals surface area contributed by atoms with Crippen LogP contribution in [0.4, 0.5) is 14.5 Å². The highest BCUT2D eigenvalue weighted by Crippen LogP contribution is 2.32. The Morgan fingerprint density at radius 2 is 2.19 bits per heavy atom. The standard InChI is InChI=1S/C16H18F2N2O/c1-10-7-14(20-6-2-3-11(8-20)9-21)12-4-5-13(17)15(18)16(12)19-10/h4-5,7,11,21H,2-3,6,8-9H2,1H3. The Balaban J connectivity index is 2.11. The van der Waals surface area contributed by atoms with E-state index in [9.17, 15) is 13.9 Å². The van der Waals surface area contributed by atoms with E-state index >= 15 is 0 Å². The van der Waals surface area contributed by atoms with Crippen LogP contribution < -0.4 is 4.90 Å². The van der Waals surface area contributed by atoms with Crippen molar-refractivity contribution in [1.82, 2.24) is 4.98 Å². The highest BCUT2D eigenvalue weighted by molar-refractivity contribution is 5.92. The quantitative estimate of drug-likeness (QED) is 0.924. The molecule has 1 atom stereocenters. The Hall–Kier alpha value is -1.75. The van der Waals surface area contributed by atoms with E-state index in [1.807, 2.05) is 6.07 Å². The number of anilines is 1. The maximum atomic E-state index is 14.0. The molecule has 5 heteroatoms. The molecule has 1 aromatic carbocycles. The second kappa shape index (κ2) is 5.56. The number of halogens is 2. The van der Waals surface area contributed by atoms with E-state index in [0.717, 1.165) is 37.7 Å². The van der Waals surface area contributed by atoms with Gasteiger partial charge in [0.05, 0.1) is 0 Å². The first-order valence-electron chi connectivity index (χ1n) is 7.21. The summed E-state index contributed by atoms with van der Waals surface area (Å²) >= 11 is 0. The predicted octanol–water partition coefficient (Wildman–Crippen LogP) is 3.03. The SMILES string of the molecule is Cc1cc(N2CCCC(CO)C2)c2ccc(F)c(F)c2n1. The normalized spacial score (nSPS) is 19.2. The molecule has 0 spiro atoms. The van der Waals surface area contributed by atoms with Crippen molar-refractivity contribution in [3.8, 4) is 0 Å². The minimum absolute atomic E-state index is 0.0797. The van der Waals surface area contributed by atoms with E-state index in [4.69, 9.17) is 0 Å². The maximum absolute atomic E-state index is 14.0. The summed E-state index contributed by atoms with van der Waals surface area (Å²) in [5.41, 5.74) is 1.61. The summed E-state index contributed by atoms with van der Waals surface area (Å²) in [6.07, 6.45) is 1.98. The lowest BCUT2D eigenvalue weighted by Crippen LogP contribution is -2.37. The van der Waals surface area contributed by atoms with Gasteiger partial charge >= 0.3 is 0 Å². The number of aromatic nitrogens is 1. The van der Waals surface area contributed by atoms with E-state index in [1.165, 1.54) is 0 Å². The molecule has 1 aliphatic rings. The number of aliphatic hydroxyl groups is 1. The zero-order chi connectivity index (χ0) is 15.0. The summed E-state index contributed by atoms with van der Waals surface area (Å²) in [4.78, 5) is 6.28. The minimum atomic E-state index is -0.895. The van der Waals surface area contributed by atoms with Gasteiger partial charge in [-0.05, 0) is 43.9 Å². The average molecular weight is 292 g/mol.